The average molecular weight is 805 g/mol. The summed E-state index contributed by atoms with van der Waals surface area (Å²) in [6.07, 6.45) is 7.27. The highest BCUT2D eigenvalue weighted by molar-refractivity contribution is 5.87. The van der Waals surface area contributed by atoms with Gasteiger partial charge in [0.1, 0.15) is 23.7 Å². The number of alkyl carbamates (subject to hydrolysis) is 2. The predicted molar refractivity (Wildman–Crippen MR) is 225 cm³/mol. The molecule has 0 spiro atoms. The Balaban J connectivity index is 1.17. The Hall–Kier alpha value is -6.14. The summed E-state index contributed by atoms with van der Waals surface area (Å²) in [5.74, 6) is 0.790. The van der Waals surface area contributed by atoms with Crippen molar-refractivity contribution in [3.05, 3.63) is 90.0 Å². The number of carbonyl (C=O) groups excluding carboxylic acids is 4. The largest absolute Gasteiger partial charge is 0.453 e. The molecule has 3 atom stereocenters. The quantitative estimate of drug-likeness (QED) is 0.0977. The number of carbonyl (C=O) groups is 4. The minimum atomic E-state index is -0.758. The molecule has 1 fully saturated rings. The molecule has 3 unspecified atom stereocenters. The summed E-state index contributed by atoms with van der Waals surface area (Å²) in [5.41, 5.74) is 11.0. The summed E-state index contributed by atoms with van der Waals surface area (Å²) >= 11 is 0. The van der Waals surface area contributed by atoms with E-state index >= 15 is 0 Å². The van der Waals surface area contributed by atoms with E-state index in [1.165, 1.54) is 19.8 Å². The first-order valence-electron chi connectivity index (χ1n) is 20.4. The van der Waals surface area contributed by atoms with Crippen LogP contribution in [0.5, 0.6) is 0 Å². The van der Waals surface area contributed by atoms with E-state index in [0.29, 0.717) is 25.3 Å². The van der Waals surface area contributed by atoms with Gasteiger partial charge in [-0.2, -0.15) is 0 Å². The Morgan fingerprint density at radius 1 is 0.932 bits per heavy atom. The molecule has 4 N–H and O–H groups in total. The molecule has 2 aliphatic rings. The Bertz CT molecular complexity index is 2180. The van der Waals surface area contributed by atoms with E-state index < -0.39 is 24.3 Å². The first-order valence-corrected chi connectivity index (χ1v) is 20.4. The van der Waals surface area contributed by atoms with Gasteiger partial charge in [0, 0.05) is 36.1 Å². The van der Waals surface area contributed by atoms with Crippen LogP contribution in [0.3, 0.4) is 0 Å². The molecule has 0 bridgehead atoms. The van der Waals surface area contributed by atoms with E-state index in [-0.39, 0.29) is 36.2 Å². The number of aromatic amines is 2. The van der Waals surface area contributed by atoms with Crippen molar-refractivity contribution in [3.63, 3.8) is 0 Å². The van der Waals surface area contributed by atoms with Gasteiger partial charge in [0.25, 0.3) is 0 Å². The number of H-pyrrole nitrogens is 2. The van der Waals surface area contributed by atoms with Gasteiger partial charge in [0.05, 0.1) is 38.2 Å². The molecule has 6 rings (SSSR count). The van der Waals surface area contributed by atoms with Gasteiger partial charge in [-0.15, -0.1) is 5.73 Å². The van der Waals surface area contributed by atoms with Crippen molar-refractivity contribution in [2.75, 3.05) is 27.3 Å². The highest BCUT2D eigenvalue weighted by Gasteiger charge is 2.38. The number of aryl methyl sites for hydroxylation is 2. The van der Waals surface area contributed by atoms with Crippen LogP contribution in [0.25, 0.3) is 33.6 Å². The van der Waals surface area contributed by atoms with Crippen LogP contribution in [-0.2, 0) is 38.4 Å². The zero-order valence-corrected chi connectivity index (χ0v) is 34.9. The summed E-state index contributed by atoms with van der Waals surface area (Å²) < 4.78 is 9.56. The minimum Gasteiger partial charge on any atom is -0.453 e. The molecule has 0 saturated carbocycles. The number of fused-ring (bicyclic) bond motifs is 3. The van der Waals surface area contributed by atoms with Crippen molar-refractivity contribution in [1.29, 1.82) is 0 Å². The zero-order chi connectivity index (χ0) is 42.2. The van der Waals surface area contributed by atoms with Gasteiger partial charge in [0.2, 0.25) is 11.8 Å². The normalized spacial score (nSPS) is 15.7. The number of amides is 4. The number of rotatable bonds is 14. The van der Waals surface area contributed by atoms with Crippen LogP contribution in [0.2, 0.25) is 0 Å². The summed E-state index contributed by atoms with van der Waals surface area (Å²) in [6.45, 7) is 12.4. The average Bonchev–Trinajstić information content (AvgIpc) is 3.99. The van der Waals surface area contributed by atoms with E-state index in [4.69, 9.17) is 19.4 Å². The molecule has 1 aliphatic carbocycles. The van der Waals surface area contributed by atoms with E-state index in [2.05, 4.69) is 63.2 Å². The standard InChI is InChI=1S/C45H56N8O6/c1-8-9-10-22-52(42(54)38(27(2)3)50-44(56)58-6)26-37-46-25-35(47-37)30-18-16-29(17-19-30)31-20-21-33-32(24-31)13-11-14-34-40(33)49-41(48-34)36-15-12-23-53(36)43(55)39(28(4)5)51-45(57)59-7/h9,16-21,24-25,27-28,36,38-39H,1,10-15,22-23,26H2,2-7H3,(H,46,47)(H,48,49)(H,50,56)(H,51,57). The highest BCUT2D eigenvalue weighted by atomic mass is 16.5. The molecule has 2 aromatic heterocycles. The molecular weight excluding hydrogens is 749 g/mol. The maximum atomic E-state index is 13.7. The number of methoxy groups -OCH3 is 2. The smallest absolute Gasteiger partial charge is 0.407 e. The lowest BCUT2D eigenvalue weighted by Crippen LogP contribution is -2.51. The number of benzene rings is 2. The van der Waals surface area contributed by atoms with Gasteiger partial charge in [-0.3, -0.25) is 9.59 Å². The van der Waals surface area contributed by atoms with Crippen molar-refractivity contribution in [2.45, 2.75) is 90.9 Å². The predicted octanol–water partition coefficient (Wildman–Crippen LogP) is 7.11. The Morgan fingerprint density at radius 2 is 1.61 bits per heavy atom. The number of likely N-dealkylation sites (tertiary alicyclic amines) is 1. The van der Waals surface area contributed by atoms with Crippen LogP contribution in [0.4, 0.5) is 9.59 Å². The van der Waals surface area contributed by atoms with Gasteiger partial charge in [-0.25, -0.2) is 19.6 Å². The number of aromatic nitrogens is 4. The van der Waals surface area contributed by atoms with E-state index in [0.717, 1.165) is 77.3 Å². The van der Waals surface area contributed by atoms with Crippen molar-refractivity contribution >= 4 is 24.0 Å². The van der Waals surface area contributed by atoms with Gasteiger partial charge >= 0.3 is 12.2 Å². The lowest BCUT2D eigenvalue weighted by Gasteiger charge is -2.30. The first-order chi connectivity index (χ1) is 28.4. The van der Waals surface area contributed by atoms with Crippen molar-refractivity contribution in [1.82, 2.24) is 40.4 Å². The second-order valence-electron chi connectivity index (χ2n) is 15.8. The van der Waals surface area contributed by atoms with Crippen LogP contribution in [0.1, 0.15) is 82.3 Å². The van der Waals surface area contributed by atoms with E-state index in [9.17, 15) is 19.2 Å². The number of ether oxygens (including phenoxy) is 2. The fraction of sp³-hybridized carbons (Fsp3) is 0.444. The third-order valence-electron chi connectivity index (χ3n) is 11.1. The molecule has 3 heterocycles. The molecule has 0 radical (unpaired) electrons. The Kier molecular flexibility index (Phi) is 13.7. The third-order valence-corrected chi connectivity index (χ3v) is 11.1. The molecular formula is C45H56N8O6. The second-order valence-corrected chi connectivity index (χ2v) is 15.8. The second kappa shape index (κ2) is 19.1. The van der Waals surface area contributed by atoms with Crippen LogP contribution in [-0.4, -0.2) is 93.1 Å². The van der Waals surface area contributed by atoms with E-state index in [1.54, 1.807) is 11.0 Å². The van der Waals surface area contributed by atoms with Crippen molar-refractivity contribution < 1.29 is 28.7 Å². The Morgan fingerprint density at radius 3 is 2.29 bits per heavy atom. The minimum absolute atomic E-state index is 0.106. The number of imidazole rings is 2. The third kappa shape index (κ3) is 9.77. The number of hydrogen-bond acceptors (Lipinski definition) is 8. The molecule has 4 amide bonds. The summed E-state index contributed by atoms with van der Waals surface area (Å²) in [7, 11) is 2.57. The molecule has 14 nitrogen and oxygen atoms in total. The maximum Gasteiger partial charge on any atom is 0.407 e. The molecule has 4 aromatic rings. The molecule has 312 valence electrons. The summed E-state index contributed by atoms with van der Waals surface area (Å²) in [4.78, 5) is 71.8. The highest BCUT2D eigenvalue weighted by Crippen LogP contribution is 2.38. The molecule has 59 heavy (non-hydrogen) atoms. The van der Waals surface area contributed by atoms with Gasteiger partial charge in [-0.1, -0.05) is 76.7 Å². The fourth-order valence-corrected chi connectivity index (χ4v) is 7.94. The zero-order valence-electron chi connectivity index (χ0n) is 34.9. The van der Waals surface area contributed by atoms with Crippen LogP contribution in [0, 0.1) is 11.8 Å². The van der Waals surface area contributed by atoms with E-state index in [1.807, 2.05) is 50.9 Å². The van der Waals surface area contributed by atoms with Crippen molar-refractivity contribution in [3.8, 4) is 33.6 Å². The summed E-state index contributed by atoms with van der Waals surface area (Å²) in [6, 6.07) is 13.2. The SMILES string of the molecule is C=C=CCCN(Cc1nc(-c2ccc(-c3ccc4c(c3)CCCc3[nH]c(C5CCCN5C(=O)C(NC(=O)OC)C(C)C)nc3-4)cc2)c[nH]1)C(=O)C(NC(=O)OC)C(C)C. The van der Waals surface area contributed by atoms with Crippen molar-refractivity contribution in [2.24, 2.45) is 11.8 Å². The topological polar surface area (TPSA) is 175 Å². The lowest BCUT2D eigenvalue weighted by molar-refractivity contribution is -0.136. The monoisotopic (exact) mass is 804 g/mol. The van der Waals surface area contributed by atoms with Crippen LogP contribution in [0.15, 0.2) is 67.0 Å². The van der Waals surface area contributed by atoms with Gasteiger partial charge < -0.3 is 39.9 Å². The summed E-state index contributed by atoms with van der Waals surface area (Å²) in [5, 5.41) is 5.40. The van der Waals surface area contributed by atoms with Crippen LogP contribution < -0.4 is 10.6 Å². The molecule has 14 heteroatoms. The number of hydrogen-bond donors (Lipinski definition) is 4. The first kappa shape index (κ1) is 42.5. The maximum absolute atomic E-state index is 13.7. The number of nitrogens with zero attached hydrogens (tertiary/aromatic N) is 4. The van der Waals surface area contributed by atoms with Gasteiger partial charge in [0.15, 0.2) is 0 Å². The van der Waals surface area contributed by atoms with Crippen LogP contribution >= 0.6 is 0 Å². The number of nitrogens with one attached hydrogen (secondary N) is 4. The molecule has 2 aromatic carbocycles. The molecule has 1 aliphatic heterocycles. The Labute approximate surface area is 345 Å². The fourth-order valence-electron chi connectivity index (χ4n) is 7.94. The molecule has 1 saturated heterocycles. The lowest BCUT2D eigenvalue weighted by atomic mass is 9.95. The van der Waals surface area contributed by atoms with Gasteiger partial charge in [-0.05, 0) is 73.1 Å².